The zero-order valence-electron chi connectivity index (χ0n) is 8.69. The minimum atomic E-state index is -0.984. The summed E-state index contributed by atoms with van der Waals surface area (Å²) in [6, 6.07) is -0.0430. The Kier molecular flexibility index (Phi) is 5.60. The van der Waals surface area contributed by atoms with E-state index in [0.717, 1.165) is 6.42 Å². The van der Waals surface area contributed by atoms with Gasteiger partial charge in [0.25, 0.3) is 0 Å². The highest BCUT2D eigenvalue weighted by molar-refractivity contribution is 5.82. The standard InChI is InChI=1S/C10H17NO3/c1-4-6-9(12)11(7-10(13)14)8(3)5-2/h4,8H,1,5-7H2,2-3H3,(H,13,14). The van der Waals surface area contributed by atoms with Gasteiger partial charge in [-0.05, 0) is 13.3 Å². The fraction of sp³-hybridized carbons (Fsp3) is 0.600. The highest BCUT2D eigenvalue weighted by Gasteiger charge is 2.19. The monoisotopic (exact) mass is 199 g/mol. The van der Waals surface area contributed by atoms with Crippen molar-refractivity contribution < 1.29 is 14.7 Å². The number of carbonyl (C=O) groups is 2. The molecule has 0 aromatic heterocycles. The molecule has 14 heavy (non-hydrogen) atoms. The summed E-state index contributed by atoms with van der Waals surface area (Å²) in [6.07, 6.45) is 2.42. The van der Waals surface area contributed by atoms with Gasteiger partial charge in [0.1, 0.15) is 6.54 Å². The molecule has 80 valence electrons. The van der Waals surface area contributed by atoms with E-state index in [2.05, 4.69) is 6.58 Å². The van der Waals surface area contributed by atoms with Crippen LogP contribution in [0.4, 0.5) is 0 Å². The Balaban J connectivity index is 4.44. The summed E-state index contributed by atoms with van der Waals surface area (Å²) in [5.41, 5.74) is 0. The first kappa shape index (κ1) is 12.7. The van der Waals surface area contributed by atoms with Crippen LogP contribution in [0.1, 0.15) is 26.7 Å². The largest absolute Gasteiger partial charge is 0.480 e. The molecule has 0 aliphatic rings. The molecule has 0 aliphatic heterocycles. The minimum absolute atomic E-state index is 0.0430. The van der Waals surface area contributed by atoms with Crippen molar-refractivity contribution in [1.82, 2.24) is 4.90 Å². The second-order valence-electron chi connectivity index (χ2n) is 3.17. The predicted molar refractivity (Wildman–Crippen MR) is 53.9 cm³/mol. The summed E-state index contributed by atoms with van der Waals surface area (Å²) in [6.45, 7) is 6.97. The third kappa shape index (κ3) is 4.07. The lowest BCUT2D eigenvalue weighted by Crippen LogP contribution is -2.41. The number of hydrogen-bond acceptors (Lipinski definition) is 2. The maximum absolute atomic E-state index is 11.5. The van der Waals surface area contributed by atoms with Crippen LogP contribution in [0.5, 0.6) is 0 Å². The van der Waals surface area contributed by atoms with Crippen LogP contribution in [0.2, 0.25) is 0 Å². The van der Waals surface area contributed by atoms with Gasteiger partial charge in [0.2, 0.25) is 5.91 Å². The second kappa shape index (κ2) is 6.18. The quantitative estimate of drug-likeness (QED) is 0.655. The van der Waals surface area contributed by atoms with Crippen molar-refractivity contribution in [2.75, 3.05) is 6.54 Å². The lowest BCUT2D eigenvalue weighted by molar-refractivity contribution is -0.145. The summed E-state index contributed by atoms with van der Waals surface area (Å²) < 4.78 is 0. The molecule has 0 fully saturated rings. The van der Waals surface area contributed by atoms with Gasteiger partial charge in [-0.15, -0.1) is 6.58 Å². The predicted octanol–water partition coefficient (Wildman–Crippen LogP) is 1.27. The van der Waals surface area contributed by atoms with Gasteiger partial charge in [-0.2, -0.15) is 0 Å². The summed E-state index contributed by atoms with van der Waals surface area (Å²) in [5, 5.41) is 8.63. The molecule has 4 heteroatoms. The molecule has 0 aromatic carbocycles. The Hall–Kier alpha value is -1.32. The number of hydrogen-bond donors (Lipinski definition) is 1. The average molecular weight is 199 g/mol. The number of amides is 1. The molecule has 1 amide bonds. The molecule has 0 saturated carbocycles. The fourth-order valence-corrected chi connectivity index (χ4v) is 1.10. The van der Waals surface area contributed by atoms with E-state index in [1.54, 1.807) is 0 Å². The Labute approximate surface area is 84.2 Å². The summed E-state index contributed by atoms with van der Waals surface area (Å²) in [5.74, 6) is -1.17. The molecule has 1 atom stereocenters. The van der Waals surface area contributed by atoms with E-state index in [0.29, 0.717) is 0 Å². The number of carboxylic acids is 1. The van der Waals surface area contributed by atoms with Gasteiger partial charge in [-0.1, -0.05) is 13.0 Å². The van der Waals surface area contributed by atoms with Gasteiger partial charge in [-0.25, -0.2) is 0 Å². The van der Waals surface area contributed by atoms with Crippen LogP contribution in [-0.2, 0) is 9.59 Å². The molecule has 0 rings (SSSR count). The molecule has 0 radical (unpaired) electrons. The van der Waals surface area contributed by atoms with Crippen LogP contribution in [0.25, 0.3) is 0 Å². The normalized spacial score (nSPS) is 11.9. The number of rotatable bonds is 6. The highest BCUT2D eigenvalue weighted by Crippen LogP contribution is 2.05. The fourth-order valence-electron chi connectivity index (χ4n) is 1.10. The van der Waals surface area contributed by atoms with Crippen molar-refractivity contribution in [3.05, 3.63) is 12.7 Å². The molecule has 1 N–H and O–H groups in total. The van der Waals surface area contributed by atoms with Gasteiger partial charge >= 0.3 is 5.97 Å². The number of nitrogens with zero attached hydrogens (tertiary/aromatic N) is 1. The van der Waals surface area contributed by atoms with E-state index in [-0.39, 0.29) is 24.9 Å². The van der Waals surface area contributed by atoms with Crippen LogP contribution in [-0.4, -0.2) is 34.5 Å². The van der Waals surface area contributed by atoms with E-state index in [1.165, 1.54) is 11.0 Å². The summed E-state index contributed by atoms with van der Waals surface area (Å²) >= 11 is 0. The van der Waals surface area contributed by atoms with Crippen molar-refractivity contribution in [2.45, 2.75) is 32.7 Å². The maximum atomic E-state index is 11.5. The molecular formula is C10H17NO3. The molecule has 0 heterocycles. The first-order valence-electron chi connectivity index (χ1n) is 4.65. The van der Waals surface area contributed by atoms with Crippen molar-refractivity contribution >= 4 is 11.9 Å². The van der Waals surface area contributed by atoms with E-state index >= 15 is 0 Å². The van der Waals surface area contributed by atoms with Crippen LogP contribution in [0, 0.1) is 0 Å². The van der Waals surface area contributed by atoms with E-state index in [4.69, 9.17) is 5.11 Å². The van der Waals surface area contributed by atoms with Gasteiger partial charge in [0, 0.05) is 12.5 Å². The first-order valence-corrected chi connectivity index (χ1v) is 4.65. The molecular weight excluding hydrogens is 182 g/mol. The van der Waals surface area contributed by atoms with Gasteiger partial charge < -0.3 is 10.0 Å². The van der Waals surface area contributed by atoms with Crippen LogP contribution >= 0.6 is 0 Å². The molecule has 0 aromatic rings. The molecule has 0 aliphatic carbocycles. The number of carbonyl (C=O) groups excluding carboxylic acids is 1. The molecule has 4 nitrogen and oxygen atoms in total. The van der Waals surface area contributed by atoms with E-state index < -0.39 is 5.97 Å². The Bertz CT molecular complexity index is 225. The second-order valence-corrected chi connectivity index (χ2v) is 3.17. The maximum Gasteiger partial charge on any atom is 0.323 e. The molecule has 0 spiro atoms. The molecule has 0 saturated heterocycles. The average Bonchev–Trinajstić information content (AvgIpc) is 2.13. The lowest BCUT2D eigenvalue weighted by Gasteiger charge is -2.26. The summed E-state index contributed by atoms with van der Waals surface area (Å²) in [4.78, 5) is 23.4. The van der Waals surface area contributed by atoms with Crippen molar-refractivity contribution in [1.29, 1.82) is 0 Å². The van der Waals surface area contributed by atoms with Crippen molar-refractivity contribution in [2.24, 2.45) is 0 Å². The smallest absolute Gasteiger partial charge is 0.323 e. The number of aliphatic carboxylic acids is 1. The Morgan fingerprint density at radius 1 is 1.57 bits per heavy atom. The third-order valence-corrected chi connectivity index (χ3v) is 2.07. The zero-order chi connectivity index (χ0) is 11.1. The van der Waals surface area contributed by atoms with Gasteiger partial charge in [-0.3, -0.25) is 9.59 Å². The van der Waals surface area contributed by atoms with Gasteiger partial charge in [0.15, 0.2) is 0 Å². The van der Waals surface area contributed by atoms with Crippen molar-refractivity contribution in [3.63, 3.8) is 0 Å². The SMILES string of the molecule is C=CCC(=O)N(CC(=O)O)C(C)CC. The van der Waals surface area contributed by atoms with Gasteiger partial charge in [0.05, 0.1) is 0 Å². The molecule has 0 bridgehead atoms. The van der Waals surface area contributed by atoms with Crippen LogP contribution in [0.15, 0.2) is 12.7 Å². The topological polar surface area (TPSA) is 57.6 Å². The number of carboxylic acid groups (broad SMARTS) is 1. The lowest BCUT2D eigenvalue weighted by atomic mass is 10.2. The first-order chi connectivity index (χ1) is 6.52. The van der Waals surface area contributed by atoms with Crippen molar-refractivity contribution in [3.8, 4) is 0 Å². The third-order valence-electron chi connectivity index (χ3n) is 2.07. The zero-order valence-corrected chi connectivity index (χ0v) is 8.69. The highest BCUT2D eigenvalue weighted by atomic mass is 16.4. The van der Waals surface area contributed by atoms with E-state index in [1.807, 2.05) is 13.8 Å². The Morgan fingerprint density at radius 2 is 2.14 bits per heavy atom. The Morgan fingerprint density at radius 3 is 2.50 bits per heavy atom. The molecule has 1 unspecified atom stereocenters. The van der Waals surface area contributed by atoms with E-state index in [9.17, 15) is 9.59 Å². The van der Waals surface area contributed by atoms with Crippen LogP contribution < -0.4 is 0 Å². The van der Waals surface area contributed by atoms with Crippen LogP contribution in [0.3, 0.4) is 0 Å². The summed E-state index contributed by atoms with van der Waals surface area (Å²) in [7, 11) is 0. The minimum Gasteiger partial charge on any atom is -0.480 e.